The SMILES string of the molecule is O=C(O)c1cc(-c2ccccc2Cl)nc2ccccc12. The Kier molecular flexibility index (Phi) is 3.12. The predicted molar refractivity (Wildman–Crippen MR) is 79.1 cm³/mol. The maximum Gasteiger partial charge on any atom is 0.336 e. The Morgan fingerprint density at radius 1 is 1.05 bits per heavy atom. The molecule has 0 amide bonds. The molecule has 0 fully saturated rings. The molecule has 0 aliphatic carbocycles. The van der Waals surface area contributed by atoms with Crippen molar-refractivity contribution in [3.05, 3.63) is 65.2 Å². The highest BCUT2D eigenvalue weighted by Gasteiger charge is 2.13. The Balaban J connectivity index is 2.33. The molecule has 1 heterocycles. The molecule has 98 valence electrons. The highest BCUT2D eigenvalue weighted by molar-refractivity contribution is 6.33. The minimum absolute atomic E-state index is 0.227. The molecule has 3 rings (SSSR count). The van der Waals surface area contributed by atoms with Crippen LogP contribution in [0.25, 0.3) is 22.2 Å². The zero-order chi connectivity index (χ0) is 14.1. The minimum atomic E-state index is -0.975. The molecule has 20 heavy (non-hydrogen) atoms. The second kappa shape index (κ2) is 4.94. The lowest BCUT2D eigenvalue weighted by Crippen LogP contribution is -2.00. The van der Waals surface area contributed by atoms with E-state index in [0.717, 1.165) is 5.56 Å². The number of carbonyl (C=O) groups is 1. The molecule has 0 saturated carbocycles. The molecule has 2 aromatic carbocycles. The van der Waals surface area contributed by atoms with E-state index in [1.54, 1.807) is 30.3 Å². The zero-order valence-corrected chi connectivity index (χ0v) is 11.1. The van der Waals surface area contributed by atoms with Crippen molar-refractivity contribution in [2.24, 2.45) is 0 Å². The molecular formula is C16H10ClNO2. The lowest BCUT2D eigenvalue weighted by atomic mass is 10.0. The van der Waals surface area contributed by atoms with Gasteiger partial charge in [-0.25, -0.2) is 9.78 Å². The van der Waals surface area contributed by atoms with Gasteiger partial charge in [-0.05, 0) is 18.2 Å². The maximum atomic E-state index is 11.4. The summed E-state index contributed by atoms with van der Waals surface area (Å²) in [6.07, 6.45) is 0. The summed E-state index contributed by atoms with van der Waals surface area (Å²) in [7, 11) is 0. The summed E-state index contributed by atoms with van der Waals surface area (Å²) < 4.78 is 0. The van der Waals surface area contributed by atoms with Crippen molar-refractivity contribution in [3.8, 4) is 11.3 Å². The van der Waals surface area contributed by atoms with E-state index in [9.17, 15) is 9.90 Å². The van der Waals surface area contributed by atoms with Gasteiger partial charge >= 0.3 is 5.97 Å². The first-order chi connectivity index (χ1) is 9.66. The van der Waals surface area contributed by atoms with Gasteiger partial charge in [0.2, 0.25) is 0 Å². The summed E-state index contributed by atoms with van der Waals surface area (Å²) in [6, 6.07) is 16.0. The molecule has 0 aliphatic heterocycles. The molecule has 1 aromatic heterocycles. The highest BCUT2D eigenvalue weighted by Crippen LogP contribution is 2.29. The Morgan fingerprint density at radius 3 is 2.50 bits per heavy atom. The van der Waals surface area contributed by atoms with Gasteiger partial charge in [0.25, 0.3) is 0 Å². The van der Waals surface area contributed by atoms with Crippen LogP contribution in [0.2, 0.25) is 5.02 Å². The third kappa shape index (κ3) is 2.12. The third-order valence-corrected chi connectivity index (χ3v) is 3.43. The number of pyridine rings is 1. The number of hydrogen-bond acceptors (Lipinski definition) is 2. The maximum absolute atomic E-state index is 11.4. The fourth-order valence-corrected chi connectivity index (χ4v) is 2.39. The van der Waals surface area contributed by atoms with Crippen LogP contribution in [0.15, 0.2) is 54.6 Å². The van der Waals surface area contributed by atoms with Gasteiger partial charge in [-0.2, -0.15) is 0 Å². The van der Waals surface area contributed by atoms with Crippen LogP contribution in [0.5, 0.6) is 0 Å². The standard InChI is InChI=1S/C16H10ClNO2/c17-13-7-3-1-6-11(13)15-9-12(16(19)20)10-5-2-4-8-14(10)18-15/h1-9H,(H,19,20). The largest absolute Gasteiger partial charge is 0.478 e. The van der Waals surface area contributed by atoms with E-state index in [2.05, 4.69) is 4.98 Å². The van der Waals surface area contributed by atoms with Gasteiger partial charge in [-0.3, -0.25) is 0 Å². The topological polar surface area (TPSA) is 50.2 Å². The lowest BCUT2D eigenvalue weighted by Gasteiger charge is -2.08. The molecule has 4 heteroatoms. The number of nitrogens with zero attached hydrogens (tertiary/aromatic N) is 1. The van der Waals surface area contributed by atoms with Gasteiger partial charge in [0.1, 0.15) is 0 Å². The smallest absolute Gasteiger partial charge is 0.336 e. The number of carboxylic acid groups (broad SMARTS) is 1. The number of benzene rings is 2. The van der Waals surface area contributed by atoms with Crippen LogP contribution in [0, 0.1) is 0 Å². The predicted octanol–water partition coefficient (Wildman–Crippen LogP) is 4.25. The van der Waals surface area contributed by atoms with Gasteiger partial charge in [0, 0.05) is 16.0 Å². The number of fused-ring (bicyclic) bond motifs is 1. The second-order valence-electron chi connectivity index (χ2n) is 4.36. The van der Waals surface area contributed by atoms with Gasteiger partial charge in [-0.1, -0.05) is 48.0 Å². The molecule has 0 aliphatic rings. The first kappa shape index (κ1) is 12.6. The summed E-state index contributed by atoms with van der Waals surface area (Å²) in [4.78, 5) is 15.9. The summed E-state index contributed by atoms with van der Waals surface area (Å²) in [5.74, 6) is -0.975. The van der Waals surface area contributed by atoms with E-state index in [4.69, 9.17) is 11.6 Å². The molecule has 3 aromatic rings. The molecule has 3 nitrogen and oxygen atoms in total. The van der Waals surface area contributed by atoms with Gasteiger partial charge < -0.3 is 5.11 Å². The quantitative estimate of drug-likeness (QED) is 0.765. The summed E-state index contributed by atoms with van der Waals surface area (Å²) in [5.41, 5.74) is 2.15. The molecule has 0 bridgehead atoms. The van der Waals surface area contributed by atoms with Crippen LogP contribution >= 0.6 is 11.6 Å². The van der Waals surface area contributed by atoms with Crippen LogP contribution in [0.4, 0.5) is 0 Å². The number of aromatic nitrogens is 1. The van der Waals surface area contributed by atoms with Gasteiger partial charge in [-0.15, -0.1) is 0 Å². The first-order valence-electron chi connectivity index (χ1n) is 6.05. The molecular weight excluding hydrogens is 274 g/mol. The van der Waals surface area contributed by atoms with Crippen molar-refractivity contribution in [3.63, 3.8) is 0 Å². The van der Waals surface area contributed by atoms with Crippen molar-refractivity contribution in [2.45, 2.75) is 0 Å². The lowest BCUT2D eigenvalue weighted by molar-refractivity contribution is 0.0699. The minimum Gasteiger partial charge on any atom is -0.478 e. The average Bonchev–Trinajstić information content (AvgIpc) is 2.46. The van der Waals surface area contributed by atoms with Crippen LogP contribution in [0.1, 0.15) is 10.4 Å². The molecule has 0 radical (unpaired) electrons. The van der Waals surface area contributed by atoms with Crippen LogP contribution in [0.3, 0.4) is 0 Å². The number of halogens is 1. The molecule has 1 N–H and O–H groups in total. The number of rotatable bonds is 2. The van der Waals surface area contributed by atoms with Crippen LogP contribution < -0.4 is 0 Å². The van der Waals surface area contributed by atoms with Crippen LogP contribution in [-0.4, -0.2) is 16.1 Å². The van der Waals surface area contributed by atoms with Crippen molar-refractivity contribution in [2.75, 3.05) is 0 Å². The van der Waals surface area contributed by atoms with Crippen molar-refractivity contribution < 1.29 is 9.90 Å². The Labute approximate surface area is 120 Å². The fraction of sp³-hybridized carbons (Fsp3) is 0. The number of para-hydroxylation sites is 1. The number of aromatic carboxylic acids is 1. The fourth-order valence-electron chi connectivity index (χ4n) is 2.16. The Hall–Kier alpha value is -2.39. The molecule has 0 saturated heterocycles. The van der Waals surface area contributed by atoms with Gasteiger partial charge in [0.05, 0.1) is 16.8 Å². The zero-order valence-electron chi connectivity index (χ0n) is 10.4. The average molecular weight is 284 g/mol. The van der Waals surface area contributed by atoms with Crippen molar-refractivity contribution >= 4 is 28.5 Å². The van der Waals surface area contributed by atoms with Gasteiger partial charge in [0.15, 0.2) is 0 Å². The third-order valence-electron chi connectivity index (χ3n) is 3.10. The van der Waals surface area contributed by atoms with E-state index < -0.39 is 5.97 Å². The Bertz CT molecular complexity index is 814. The van der Waals surface area contributed by atoms with E-state index in [0.29, 0.717) is 21.6 Å². The number of hydrogen-bond donors (Lipinski definition) is 1. The highest BCUT2D eigenvalue weighted by atomic mass is 35.5. The van der Waals surface area contributed by atoms with Crippen molar-refractivity contribution in [1.29, 1.82) is 0 Å². The normalized spacial score (nSPS) is 10.7. The summed E-state index contributed by atoms with van der Waals surface area (Å²) in [5, 5.41) is 10.5. The molecule has 0 unspecified atom stereocenters. The van der Waals surface area contributed by atoms with E-state index in [-0.39, 0.29) is 5.56 Å². The van der Waals surface area contributed by atoms with E-state index in [1.807, 2.05) is 24.3 Å². The van der Waals surface area contributed by atoms with Crippen LogP contribution in [-0.2, 0) is 0 Å². The van der Waals surface area contributed by atoms with E-state index in [1.165, 1.54) is 0 Å². The summed E-state index contributed by atoms with van der Waals surface area (Å²) >= 11 is 6.15. The molecule has 0 spiro atoms. The summed E-state index contributed by atoms with van der Waals surface area (Å²) in [6.45, 7) is 0. The number of carboxylic acids is 1. The first-order valence-corrected chi connectivity index (χ1v) is 6.42. The second-order valence-corrected chi connectivity index (χ2v) is 4.76. The van der Waals surface area contributed by atoms with E-state index >= 15 is 0 Å². The Morgan fingerprint density at radius 2 is 1.75 bits per heavy atom. The molecule has 0 atom stereocenters. The monoisotopic (exact) mass is 283 g/mol. The van der Waals surface area contributed by atoms with Crippen molar-refractivity contribution in [1.82, 2.24) is 4.98 Å².